The lowest BCUT2D eigenvalue weighted by atomic mass is 10.2. The summed E-state index contributed by atoms with van der Waals surface area (Å²) in [7, 11) is 0. The molecule has 0 aliphatic rings. The Labute approximate surface area is 84.6 Å². The van der Waals surface area contributed by atoms with Crippen molar-refractivity contribution in [3.8, 4) is 6.07 Å². The lowest BCUT2D eigenvalue weighted by Crippen LogP contribution is -1.86. The van der Waals surface area contributed by atoms with Gasteiger partial charge in [0.05, 0.1) is 10.5 Å². The predicted octanol–water partition coefficient (Wildman–Crippen LogP) is 2.90. The molecule has 0 amide bonds. The molecule has 0 spiro atoms. The highest BCUT2D eigenvalue weighted by Gasteiger charge is 2.04. The van der Waals surface area contributed by atoms with Gasteiger partial charge in [-0.2, -0.15) is 5.26 Å². The Morgan fingerprint density at radius 1 is 1.36 bits per heavy atom. The minimum atomic E-state index is -0.392. The van der Waals surface area contributed by atoms with Crippen LogP contribution in [0.1, 0.15) is 5.69 Å². The molecule has 68 valence electrons. The van der Waals surface area contributed by atoms with Crippen molar-refractivity contribution in [2.45, 2.75) is 0 Å². The van der Waals surface area contributed by atoms with Gasteiger partial charge < -0.3 is 0 Å². The summed E-state index contributed by atoms with van der Waals surface area (Å²) in [6, 6.07) is 7.42. The molecule has 1 heterocycles. The van der Waals surface area contributed by atoms with Crippen molar-refractivity contribution in [1.29, 1.82) is 5.26 Å². The van der Waals surface area contributed by atoms with Crippen LogP contribution in [0.15, 0.2) is 24.3 Å². The highest BCUT2D eigenvalue weighted by atomic mass is 35.5. The Hall–Kier alpha value is -1.66. The predicted molar refractivity (Wildman–Crippen MR) is 51.4 cm³/mol. The molecule has 0 saturated heterocycles. The first kappa shape index (κ1) is 8.92. The average molecular weight is 207 g/mol. The van der Waals surface area contributed by atoms with Crippen LogP contribution in [-0.2, 0) is 0 Å². The van der Waals surface area contributed by atoms with Crippen LogP contribution in [0.25, 0.3) is 10.9 Å². The first-order valence-electron chi connectivity index (χ1n) is 3.86. The van der Waals surface area contributed by atoms with Crippen LogP contribution in [0.5, 0.6) is 0 Å². The molecule has 4 heteroatoms. The van der Waals surface area contributed by atoms with Crippen molar-refractivity contribution in [2.24, 2.45) is 0 Å². The van der Waals surface area contributed by atoms with Gasteiger partial charge in [0.25, 0.3) is 0 Å². The topological polar surface area (TPSA) is 36.7 Å². The molecule has 14 heavy (non-hydrogen) atoms. The summed E-state index contributed by atoms with van der Waals surface area (Å²) >= 11 is 5.88. The molecule has 2 nitrogen and oxygen atoms in total. The van der Waals surface area contributed by atoms with Crippen LogP contribution in [0.4, 0.5) is 4.39 Å². The molecule has 2 aromatic rings. The fourth-order valence-corrected chi connectivity index (χ4v) is 1.48. The molecule has 0 aliphatic carbocycles. The van der Waals surface area contributed by atoms with E-state index >= 15 is 0 Å². The van der Waals surface area contributed by atoms with Gasteiger partial charge in [-0.05, 0) is 18.2 Å². The summed E-state index contributed by atoms with van der Waals surface area (Å²) in [5.41, 5.74) is 0.585. The number of fused-ring (bicyclic) bond motifs is 1. The molecule has 2 rings (SSSR count). The second kappa shape index (κ2) is 3.24. The van der Waals surface area contributed by atoms with Crippen LogP contribution in [-0.4, -0.2) is 4.98 Å². The minimum Gasteiger partial charge on any atom is -0.237 e. The van der Waals surface area contributed by atoms with Gasteiger partial charge in [0, 0.05) is 11.5 Å². The molecule has 0 radical (unpaired) electrons. The summed E-state index contributed by atoms with van der Waals surface area (Å²) in [5.74, 6) is -0.392. The number of aromatic nitrogens is 1. The van der Waals surface area contributed by atoms with Gasteiger partial charge in [-0.3, -0.25) is 0 Å². The molecule has 0 fully saturated rings. The molecule has 0 unspecified atom stereocenters. The summed E-state index contributed by atoms with van der Waals surface area (Å²) in [6.45, 7) is 0. The van der Waals surface area contributed by atoms with Gasteiger partial charge in [0.15, 0.2) is 0 Å². The number of rotatable bonds is 0. The number of nitrogens with zero attached hydrogens (tertiary/aromatic N) is 2. The molecule has 0 N–H and O–H groups in total. The highest BCUT2D eigenvalue weighted by molar-refractivity contribution is 6.35. The van der Waals surface area contributed by atoms with Crippen molar-refractivity contribution in [3.63, 3.8) is 0 Å². The fraction of sp³-hybridized carbons (Fsp3) is 0. The Balaban J connectivity index is 2.85. The van der Waals surface area contributed by atoms with Gasteiger partial charge in [-0.25, -0.2) is 9.37 Å². The standard InChI is InChI=1S/C10H4ClFN2/c11-9-4-7(5-13)14-10-3-6(12)1-2-8(9)10/h1-4H. The zero-order chi connectivity index (χ0) is 10.1. The van der Waals surface area contributed by atoms with E-state index in [4.69, 9.17) is 16.9 Å². The molecule has 0 atom stereocenters. The van der Waals surface area contributed by atoms with Crippen LogP contribution in [0.2, 0.25) is 5.02 Å². The Morgan fingerprint density at radius 3 is 2.86 bits per heavy atom. The number of halogens is 2. The maximum absolute atomic E-state index is 12.8. The molecular formula is C10H4ClFN2. The molecule has 0 aliphatic heterocycles. The van der Waals surface area contributed by atoms with Gasteiger partial charge in [-0.15, -0.1) is 0 Å². The monoisotopic (exact) mass is 206 g/mol. The summed E-state index contributed by atoms with van der Waals surface area (Å²) in [5, 5.41) is 9.68. The maximum atomic E-state index is 12.8. The van der Waals surface area contributed by atoms with E-state index in [0.717, 1.165) is 0 Å². The van der Waals surface area contributed by atoms with Crippen molar-refractivity contribution in [2.75, 3.05) is 0 Å². The third-order valence-corrected chi connectivity index (χ3v) is 2.15. The summed E-state index contributed by atoms with van der Waals surface area (Å²) < 4.78 is 12.8. The van der Waals surface area contributed by atoms with E-state index in [1.165, 1.54) is 18.2 Å². The fourth-order valence-electron chi connectivity index (χ4n) is 1.22. The molecule has 0 saturated carbocycles. The minimum absolute atomic E-state index is 0.188. The highest BCUT2D eigenvalue weighted by Crippen LogP contribution is 2.23. The zero-order valence-electron chi connectivity index (χ0n) is 6.96. The van der Waals surface area contributed by atoms with E-state index in [1.54, 1.807) is 6.07 Å². The van der Waals surface area contributed by atoms with E-state index < -0.39 is 5.82 Å². The second-order valence-corrected chi connectivity index (χ2v) is 3.17. The van der Waals surface area contributed by atoms with E-state index in [2.05, 4.69) is 4.98 Å². The maximum Gasteiger partial charge on any atom is 0.142 e. The van der Waals surface area contributed by atoms with Gasteiger partial charge in [-0.1, -0.05) is 11.6 Å². The van der Waals surface area contributed by atoms with E-state index in [-0.39, 0.29) is 5.69 Å². The number of hydrogen-bond donors (Lipinski definition) is 0. The Morgan fingerprint density at radius 2 is 2.14 bits per heavy atom. The lowest BCUT2D eigenvalue weighted by Gasteiger charge is -2.00. The Kier molecular flexibility index (Phi) is 2.06. The van der Waals surface area contributed by atoms with E-state index in [1.807, 2.05) is 6.07 Å². The van der Waals surface area contributed by atoms with Gasteiger partial charge in [0.1, 0.15) is 17.6 Å². The Bertz CT molecular complexity index is 546. The van der Waals surface area contributed by atoms with Crippen LogP contribution in [0, 0.1) is 17.1 Å². The molecular weight excluding hydrogens is 203 g/mol. The first-order chi connectivity index (χ1) is 6.70. The number of hydrogen-bond acceptors (Lipinski definition) is 2. The average Bonchev–Trinajstić information content (AvgIpc) is 2.16. The second-order valence-electron chi connectivity index (χ2n) is 2.76. The van der Waals surface area contributed by atoms with Crippen LogP contribution in [0.3, 0.4) is 0 Å². The smallest absolute Gasteiger partial charge is 0.142 e. The molecule has 1 aromatic carbocycles. The normalized spacial score (nSPS) is 10.1. The summed E-state index contributed by atoms with van der Waals surface area (Å²) in [6.07, 6.45) is 0. The number of nitriles is 1. The van der Waals surface area contributed by atoms with Crippen molar-refractivity contribution in [3.05, 3.63) is 40.8 Å². The molecule has 0 bridgehead atoms. The number of pyridine rings is 1. The van der Waals surface area contributed by atoms with E-state index in [0.29, 0.717) is 15.9 Å². The van der Waals surface area contributed by atoms with E-state index in [9.17, 15) is 4.39 Å². The van der Waals surface area contributed by atoms with Crippen LogP contribution < -0.4 is 0 Å². The zero-order valence-corrected chi connectivity index (χ0v) is 7.72. The van der Waals surface area contributed by atoms with Gasteiger partial charge >= 0.3 is 0 Å². The molecule has 1 aromatic heterocycles. The quantitative estimate of drug-likeness (QED) is 0.665. The third kappa shape index (κ3) is 1.40. The van der Waals surface area contributed by atoms with Crippen molar-refractivity contribution >= 4 is 22.5 Å². The number of benzene rings is 1. The lowest BCUT2D eigenvalue weighted by molar-refractivity contribution is 0.629. The SMILES string of the molecule is N#Cc1cc(Cl)c2ccc(F)cc2n1. The van der Waals surface area contributed by atoms with Gasteiger partial charge in [0.2, 0.25) is 0 Å². The summed E-state index contributed by atoms with van der Waals surface area (Å²) in [4.78, 5) is 3.93. The first-order valence-corrected chi connectivity index (χ1v) is 4.24. The largest absolute Gasteiger partial charge is 0.237 e. The third-order valence-electron chi connectivity index (χ3n) is 1.84. The van der Waals surface area contributed by atoms with Crippen LogP contribution >= 0.6 is 11.6 Å². The van der Waals surface area contributed by atoms with Crippen molar-refractivity contribution < 1.29 is 4.39 Å². The van der Waals surface area contributed by atoms with Crippen molar-refractivity contribution in [1.82, 2.24) is 4.98 Å².